The second-order valence-electron chi connectivity index (χ2n) is 4.59. The summed E-state index contributed by atoms with van der Waals surface area (Å²) in [5, 5.41) is 18.1. The molecule has 2 atom stereocenters. The number of aromatic nitrogens is 4. The highest BCUT2D eigenvalue weighted by Crippen LogP contribution is 2.17. The van der Waals surface area contributed by atoms with Gasteiger partial charge >= 0.3 is 6.16 Å². The van der Waals surface area contributed by atoms with Crippen LogP contribution in [0.2, 0.25) is 0 Å². The van der Waals surface area contributed by atoms with Crippen LogP contribution in [0.5, 0.6) is 0 Å². The molecule has 2 aromatic rings. The molecule has 0 amide bonds. The Morgan fingerprint density at radius 2 is 2.27 bits per heavy atom. The number of nitrogen functional groups attached to an aromatic ring is 1. The Hall–Kier alpha value is -2.46. The highest BCUT2D eigenvalue weighted by atomic mass is 16.7. The third-order valence-corrected chi connectivity index (χ3v) is 3.19. The van der Waals surface area contributed by atoms with E-state index in [-0.39, 0.29) is 12.6 Å². The van der Waals surface area contributed by atoms with E-state index in [2.05, 4.69) is 19.7 Å². The number of fused-ring (bicyclic) bond motifs is 1. The molecule has 0 aliphatic carbocycles. The number of nitrogens with zero attached hydrogens (tertiary/aromatic N) is 4. The molecule has 10 nitrogen and oxygen atoms in total. The van der Waals surface area contributed by atoms with E-state index in [0.29, 0.717) is 24.1 Å². The van der Waals surface area contributed by atoms with E-state index in [4.69, 9.17) is 15.6 Å². The van der Waals surface area contributed by atoms with Crippen LogP contribution < -0.4 is 5.73 Å². The van der Waals surface area contributed by atoms with Crippen LogP contribution in [-0.2, 0) is 16.0 Å². The molecule has 4 N–H and O–H groups in total. The maximum absolute atomic E-state index is 10.6. The maximum Gasteiger partial charge on any atom is 0.508 e. The number of aliphatic hydroxyl groups excluding tert-OH is 1. The molecule has 0 aliphatic heterocycles. The fourth-order valence-corrected chi connectivity index (χ4v) is 2.09. The molecule has 0 aromatic carbocycles. The summed E-state index contributed by atoms with van der Waals surface area (Å²) in [4.78, 5) is 22.7. The molecule has 120 valence electrons. The Morgan fingerprint density at radius 3 is 2.91 bits per heavy atom. The maximum atomic E-state index is 10.6. The summed E-state index contributed by atoms with van der Waals surface area (Å²) in [5.74, 6) is -0.380. The molecule has 2 unspecified atom stereocenters. The Kier molecular flexibility index (Phi) is 5.07. The Morgan fingerprint density at radius 1 is 1.50 bits per heavy atom. The predicted octanol–water partition coefficient (Wildman–Crippen LogP) is 0.0742. The van der Waals surface area contributed by atoms with Crippen LogP contribution >= 0.6 is 0 Å². The summed E-state index contributed by atoms with van der Waals surface area (Å²) in [6, 6.07) is 0. The number of rotatable bonds is 7. The molecular formula is C12H17N5O5. The average molecular weight is 311 g/mol. The summed E-state index contributed by atoms with van der Waals surface area (Å²) in [6.45, 7) is 0.149. The normalized spacial score (nSPS) is 13.9. The van der Waals surface area contributed by atoms with Crippen LogP contribution in [0.4, 0.5) is 10.7 Å². The summed E-state index contributed by atoms with van der Waals surface area (Å²) < 4.78 is 11.3. The lowest BCUT2D eigenvalue weighted by molar-refractivity contribution is -0.139. The summed E-state index contributed by atoms with van der Waals surface area (Å²) in [5.41, 5.74) is 6.71. The summed E-state index contributed by atoms with van der Waals surface area (Å²) in [7, 11) is 1.32. The van der Waals surface area contributed by atoms with Gasteiger partial charge in [0.05, 0.1) is 19.1 Å². The molecular weight excluding hydrogens is 294 g/mol. The molecule has 0 fully saturated rings. The second kappa shape index (κ2) is 7.00. The van der Waals surface area contributed by atoms with Crippen molar-refractivity contribution in [1.29, 1.82) is 0 Å². The Bertz CT molecular complexity index is 646. The van der Waals surface area contributed by atoms with Gasteiger partial charge in [-0.2, -0.15) is 4.98 Å². The first-order valence-electron chi connectivity index (χ1n) is 6.51. The van der Waals surface area contributed by atoms with Crippen molar-refractivity contribution in [2.24, 2.45) is 5.92 Å². The van der Waals surface area contributed by atoms with E-state index in [1.54, 1.807) is 10.9 Å². The van der Waals surface area contributed by atoms with Crippen molar-refractivity contribution < 1.29 is 24.5 Å². The predicted molar refractivity (Wildman–Crippen MR) is 74.8 cm³/mol. The fourth-order valence-electron chi connectivity index (χ4n) is 2.09. The van der Waals surface area contributed by atoms with Crippen LogP contribution in [-0.4, -0.2) is 55.9 Å². The molecule has 2 rings (SSSR count). The molecule has 0 spiro atoms. The number of aliphatic hydroxyl groups is 1. The lowest BCUT2D eigenvalue weighted by Gasteiger charge is -2.22. The lowest BCUT2D eigenvalue weighted by atomic mass is 10.1. The van der Waals surface area contributed by atoms with Crippen molar-refractivity contribution in [1.82, 2.24) is 19.5 Å². The third kappa shape index (κ3) is 3.59. The molecule has 2 aromatic heterocycles. The number of aryl methyl sites for hydroxylation is 1. The Labute approximate surface area is 125 Å². The van der Waals surface area contributed by atoms with Gasteiger partial charge in [0.2, 0.25) is 12.2 Å². The van der Waals surface area contributed by atoms with Gasteiger partial charge in [-0.3, -0.25) is 0 Å². The van der Waals surface area contributed by atoms with Crippen molar-refractivity contribution in [3.05, 3.63) is 12.5 Å². The Balaban J connectivity index is 2.08. The van der Waals surface area contributed by atoms with E-state index in [9.17, 15) is 9.90 Å². The molecule has 0 saturated heterocycles. The van der Waals surface area contributed by atoms with Gasteiger partial charge in [0.25, 0.3) is 0 Å². The highest BCUT2D eigenvalue weighted by molar-refractivity contribution is 5.70. The first kappa shape index (κ1) is 15.9. The number of anilines is 1. The van der Waals surface area contributed by atoms with E-state index >= 15 is 0 Å². The van der Waals surface area contributed by atoms with Crippen molar-refractivity contribution in [3.63, 3.8) is 0 Å². The molecule has 2 heterocycles. The highest BCUT2D eigenvalue weighted by Gasteiger charge is 2.24. The molecule has 0 bridgehead atoms. The quantitative estimate of drug-likeness (QED) is 0.477. The molecule has 22 heavy (non-hydrogen) atoms. The number of carbonyl (C=O) groups is 1. The first-order chi connectivity index (χ1) is 10.5. The minimum absolute atomic E-state index is 0.136. The second-order valence-corrected chi connectivity index (χ2v) is 4.59. The van der Waals surface area contributed by atoms with E-state index < -0.39 is 18.4 Å². The number of ether oxygens (including phenoxy) is 2. The van der Waals surface area contributed by atoms with Crippen LogP contribution in [0.3, 0.4) is 0 Å². The van der Waals surface area contributed by atoms with Crippen LogP contribution in [0.1, 0.15) is 6.42 Å². The molecule has 10 heteroatoms. The third-order valence-electron chi connectivity index (χ3n) is 3.19. The van der Waals surface area contributed by atoms with Crippen molar-refractivity contribution in [3.8, 4) is 0 Å². The van der Waals surface area contributed by atoms with Crippen LogP contribution in [0, 0.1) is 5.92 Å². The van der Waals surface area contributed by atoms with E-state index in [0.717, 1.165) is 0 Å². The van der Waals surface area contributed by atoms with Crippen LogP contribution in [0.15, 0.2) is 12.5 Å². The van der Waals surface area contributed by atoms with Gasteiger partial charge in [-0.05, 0) is 6.42 Å². The molecule has 0 radical (unpaired) electrons. The zero-order chi connectivity index (χ0) is 16.1. The largest absolute Gasteiger partial charge is 0.508 e. The van der Waals surface area contributed by atoms with Gasteiger partial charge < -0.3 is 30.0 Å². The molecule has 0 saturated carbocycles. The van der Waals surface area contributed by atoms with Crippen molar-refractivity contribution in [2.45, 2.75) is 19.3 Å². The molecule has 0 aliphatic rings. The van der Waals surface area contributed by atoms with E-state index in [1.165, 1.54) is 13.3 Å². The van der Waals surface area contributed by atoms with Gasteiger partial charge in [-0.15, -0.1) is 0 Å². The minimum atomic E-state index is -1.46. The standard InChI is InChI=1S/C12H17N5O5/c1-21-10(22-12(19)20)7(5-18)2-3-17-6-15-8-4-14-11(13)16-9(8)17/h4,6-7,10,18H,2-3,5H2,1H3,(H,19,20)(H2,13,14,16). The number of hydrogen-bond acceptors (Lipinski definition) is 8. The number of nitrogens with two attached hydrogens (primary N) is 1. The van der Waals surface area contributed by atoms with Gasteiger partial charge in [0.15, 0.2) is 5.65 Å². The number of hydrogen-bond donors (Lipinski definition) is 3. The zero-order valence-electron chi connectivity index (χ0n) is 11.9. The van der Waals surface area contributed by atoms with Gasteiger partial charge in [0.1, 0.15) is 5.52 Å². The van der Waals surface area contributed by atoms with Crippen molar-refractivity contribution in [2.75, 3.05) is 19.5 Å². The first-order valence-corrected chi connectivity index (χ1v) is 6.51. The fraction of sp³-hybridized carbons (Fsp3) is 0.500. The zero-order valence-corrected chi connectivity index (χ0v) is 11.9. The number of methoxy groups -OCH3 is 1. The van der Waals surface area contributed by atoms with Gasteiger partial charge in [0, 0.05) is 19.6 Å². The minimum Gasteiger partial charge on any atom is -0.450 e. The average Bonchev–Trinajstić information content (AvgIpc) is 2.88. The smallest absolute Gasteiger partial charge is 0.450 e. The summed E-state index contributed by atoms with van der Waals surface area (Å²) in [6.07, 6.45) is 0.990. The van der Waals surface area contributed by atoms with E-state index in [1.807, 2.05) is 0 Å². The topological polar surface area (TPSA) is 146 Å². The summed E-state index contributed by atoms with van der Waals surface area (Å²) >= 11 is 0. The number of carboxylic acid groups (broad SMARTS) is 1. The monoisotopic (exact) mass is 311 g/mol. The van der Waals surface area contributed by atoms with Gasteiger partial charge in [-0.1, -0.05) is 0 Å². The van der Waals surface area contributed by atoms with Gasteiger partial charge in [-0.25, -0.2) is 14.8 Å². The SMILES string of the molecule is COC(OC(=O)O)C(CO)CCn1cnc2cnc(N)nc21. The number of imidazole rings is 1. The lowest BCUT2D eigenvalue weighted by Crippen LogP contribution is -2.31. The van der Waals surface area contributed by atoms with Crippen molar-refractivity contribution >= 4 is 23.3 Å². The van der Waals surface area contributed by atoms with Crippen LogP contribution in [0.25, 0.3) is 11.2 Å².